The highest BCUT2D eigenvalue weighted by atomic mass is 16.3. The number of rotatable bonds is 5. The molecule has 9 rings (SSSR count). The predicted octanol–water partition coefficient (Wildman–Crippen LogP) is 11.3. The van der Waals surface area contributed by atoms with E-state index in [0.717, 1.165) is 66.6 Å². The molecule has 7 aromatic carbocycles. The zero-order chi connectivity index (χ0) is 31.2. The van der Waals surface area contributed by atoms with Crippen LogP contribution in [0.3, 0.4) is 0 Å². The first-order chi connectivity index (χ1) is 23.3. The molecule has 2 aromatic heterocycles. The van der Waals surface area contributed by atoms with Crippen molar-refractivity contribution in [1.29, 1.82) is 0 Å². The molecule has 0 N–H and O–H groups in total. The van der Waals surface area contributed by atoms with Crippen molar-refractivity contribution < 1.29 is 4.42 Å². The van der Waals surface area contributed by atoms with Crippen molar-refractivity contribution in [3.8, 4) is 56.0 Å². The van der Waals surface area contributed by atoms with E-state index in [4.69, 9.17) is 14.4 Å². The van der Waals surface area contributed by atoms with Crippen LogP contribution >= 0.6 is 0 Å². The van der Waals surface area contributed by atoms with E-state index in [1.807, 2.05) is 42.5 Å². The number of hydrogen-bond acceptors (Lipinski definition) is 4. The van der Waals surface area contributed by atoms with Gasteiger partial charge in [-0.1, -0.05) is 140 Å². The van der Waals surface area contributed by atoms with Gasteiger partial charge in [-0.3, -0.25) is 0 Å². The Labute approximate surface area is 271 Å². The van der Waals surface area contributed by atoms with E-state index >= 15 is 0 Å². The average molecular weight is 602 g/mol. The highest BCUT2D eigenvalue weighted by Crippen LogP contribution is 2.41. The van der Waals surface area contributed by atoms with E-state index in [-0.39, 0.29) is 0 Å². The molecule has 4 nitrogen and oxygen atoms in total. The molecule has 0 radical (unpaired) electrons. The fourth-order valence-electron chi connectivity index (χ4n) is 6.61. The fourth-order valence-corrected chi connectivity index (χ4v) is 6.61. The van der Waals surface area contributed by atoms with E-state index in [2.05, 4.69) is 120 Å². The summed E-state index contributed by atoms with van der Waals surface area (Å²) in [6.07, 6.45) is 1.51. The molecule has 9 aromatic rings. The van der Waals surface area contributed by atoms with Crippen molar-refractivity contribution in [3.05, 3.63) is 164 Å². The second-order valence-corrected chi connectivity index (χ2v) is 11.7. The Balaban J connectivity index is 1.17. The third-order valence-corrected chi connectivity index (χ3v) is 8.86. The van der Waals surface area contributed by atoms with Crippen LogP contribution in [0.1, 0.15) is 0 Å². The summed E-state index contributed by atoms with van der Waals surface area (Å²) in [6.45, 7) is 0. The van der Waals surface area contributed by atoms with Gasteiger partial charge >= 0.3 is 0 Å². The summed E-state index contributed by atoms with van der Waals surface area (Å²) < 4.78 is 5.60. The van der Waals surface area contributed by atoms with Gasteiger partial charge in [0.15, 0.2) is 17.8 Å². The first-order valence-electron chi connectivity index (χ1n) is 15.7. The molecule has 0 atom stereocenters. The van der Waals surface area contributed by atoms with Crippen LogP contribution in [0.15, 0.2) is 169 Å². The number of hydrogen-bond donors (Lipinski definition) is 0. The molecule has 0 saturated heterocycles. The van der Waals surface area contributed by atoms with Gasteiger partial charge in [0.1, 0.15) is 5.52 Å². The molecular formula is C43H27N3O. The lowest BCUT2D eigenvalue weighted by Gasteiger charge is -2.16. The molecule has 0 aliphatic carbocycles. The Morgan fingerprint density at radius 1 is 0.447 bits per heavy atom. The number of nitrogens with zero attached hydrogens (tertiary/aromatic N) is 3. The van der Waals surface area contributed by atoms with Gasteiger partial charge in [-0.05, 0) is 56.8 Å². The first kappa shape index (κ1) is 27.0. The summed E-state index contributed by atoms with van der Waals surface area (Å²) in [5.74, 6) is 0.711. The molecule has 0 spiro atoms. The monoisotopic (exact) mass is 601 g/mol. The Kier molecular flexibility index (Phi) is 6.43. The number of para-hydroxylation sites is 2. The van der Waals surface area contributed by atoms with Crippen LogP contribution in [-0.2, 0) is 0 Å². The first-order valence-corrected chi connectivity index (χ1v) is 15.7. The maximum atomic E-state index is 5.60. The molecule has 0 saturated carbocycles. The Bertz CT molecular complexity index is 2570. The van der Waals surface area contributed by atoms with Crippen molar-refractivity contribution in [2.45, 2.75) is 0 Å². The van der Waals surface area contributed by atoms with E-state index in [1.54, 1.807) is 0 Å². The molecule has 47 heavy (non-hydrogen) atoms. The van der Waals surface area contributed by atoms with Crippen molar-refractivity contribution in [1.82, 2.24) is 15.0 Å². The topological polar surface area (TPSA) is 51.8 Å². The van der Waals surface area contributed by atoms with Crippen LogP contribution in [0.2, 0.25) is 0 Å². The largest absolute Gasteiger partial charge is 0.443 e. The zero-order valence-corrected chi connectivity index (χ0v) is 25.3. The normalized spacial score (nSPS) is 11.4. The van der Waals surface area contributed by atoms with E-state index < -0.39 is 0 Å². The maximum absolute atomic E-state index is 5.60. The van der Waals surface area contributed by atoms with Gasteiger partial charge in [0.2, 0.25) is 0 Å². The van der Waals surface area contributed by atoms with Crippen molar-refractivity contribution >= 4 is 32.8 Å². The predicted molar refractivity (Wildman–Crippen MR) is 192 cm³/mol. The Morgan fingerprint density at radius 3 is 2.06 bits per heavy atom. The lowest BCUT2D eigenvalue weighted by molar-refractivity contribution is 0.602. The molecule has 0 aliphatic heterocycles. The molecular weight excluding hydrogens is 574 g/mol. The second kappa shape index (κ2) is 11.2. The van der Waals surface area contributed by atoms with Crippen LogP contribution in [0.5, 0.6) is 0 Å². The van der Waals surface area contributed by atoms with Crippen LogP contribution < -0.4 is 0 Å². The van der Waals surface area contributed by atoms with E-state index in [1.165, 1.54) is 22.7 Å². The smallest absolute Gasteiger partial charge is 0.182 e. The number of aromatic nitrogens is 3. The van der Waals surface area contributed by atoms with Gasteiger partial charge in [-0.15, -0.1) is 0 Å². The van der Waals surface area contributed by atoms with Crippen LogP contribution in [0.25, 0.3) is 88.8 Å². The highest BCUT2D eigenvalue weighted by molar-refractivity contribution is 6.05. The van der Waals surface area contributed by atoms with Crippen molar-refractivity contribution in [3.63, 3.8) is 0 Å². The van der Waals surface area contributed by atoms with E-state index in [0.29, 0.717) is 5.82 Å². The second-order valence-electron chi connectivity index (χ2n) is 11.7. The summed E-state index contributed by atoms with van der Waals surface area (Å²) in [5.41, 5.74) is 12.3. The molecule has 0 bridgehead atoms. The minimum absolute atomic E-state index is 0.711. The molecule has 220 valence electrons. The summed E-state index contributed by atoms with van der Waals surface area (Å²) in [5, 5.41) is 3.45. The number of fused-ring (bicyclic) bond motifs is 3. The van der Waals surface area contributed by atoms with Gasteiger partial charge < -0.3 is 4.42 Å². The van der Waals surface area contributed by atoms with Crippen molar-refractivity contribution in [2.75, 3.05) is 0 Å². The highest BCUT2D eigenvalue weighted by Gasteiger charge is 2.16. The quantitative estimate of drug-likeness (QED) is 0.197. The van der Waals surface area contributed by atoms with Gasteiger partial charge in [0, 0.05) is 22.1 Å². The molecule has 4 heteroatoms. The van der Waals surface area contributed by atoms with Gasteiger partial charge in [-0.2, -0.15) is 0 Å². The average Bonchev–Trinajstić information content (AvgIpc) is 3.64. The van der Waals surface area contributed by atoms with Crippen LogP contribution in [0.4, 0.5) is 0 Å². The molecule has 0 fully saturated rings. The lowest BCUT2D eigenvalue weighted by Crippen LogP contribution is -1.95. The Hall–Kier alpha value is -6.39. The van der Waals surface area contributed by atoms with Crippen LogP contribution in [0, 0.1) is 0 Å². The van der Waals surface area contributed by atoms with E-state index in [9.17, 15) is 0 Å². The lowest BCUT2D eigenvalue weighted by atomic mass is 9.88. The SMILES string of the molecule is c1ccc(-c2nc(-c3ccc(-c4ccc5ccccc5c4-c4cccc(-c5cccc6ocnc56)c4)cc3)nc3ccccc23)cc1. The molecule has 0 unspecified atom stereocenters. The van der Waals surface area contributed by atoms with Gasteiger partial charge in [0.25, 0.3) is 0 Å². The van der Waals surface area contributed by atoms with Gasteiger partial charge in [0.05, 0.1) is 11.2 Å². The molecule has 0 amide bonds. The Morgan fingerprint density at radius 2 is 1.17 bits per heavy atom. The maximum Gasteiger partial charge on any atom is 0.182 e. The minimum atomic E-state index is 0.711. The zero-order valence-electron chi connectivity index (χ0n) is 25.3. The fraction of sp³-hybridized carbons (Fsp3) is 0. The summed E-state index contributed by atoms with van der Waals surface area (Å²) in [4.78, 5) is 14.6. The number of benzene rings is 7. The summed E-state index contributed by atoms with van der Waals surface area (Å²) in [7, 11) is 0. The summed E-state index contributed by atoms with van der Waals surface area (Å²) >= 11 is 0. The minimum Gasteiger partial charge on any atom is -0.443 e. The van der Waals surface area contributed by atoms with Crippen LogP contribution in [-0.4, -0.2) is 15.0 Å². The molecule has 0 aliphatic rings. The van der Waals surface area contributed by atoms with Gasteiger partial charge in [-0.25, -0.2) is 15.0 Å². The third-order valence-electron chi connectivity index (χ3n) is 8.86. The third kappa shape index (κ3) is 4.75. The van der Waals surface area contributed by atoms with Crippen molar-refractivity contribution in [2.24, 2.45) is 0 Å². The standard InChI is InChI=1S/C43H27N3O/c1-2-11-30(12-3-1)41-37-16-6-7-18-38(37)45-43(46-41)31-22-20-29(21-23-31)35-25-24-28-10-4-5-15-34(28)40(35)33-14-8-13-32(26-33)36-17-9-19-39-42(36)44-27-47-39/h1-27H. The summed E-state index contributed by atoms with van der Waals surface area (Å²) in [6, 6.07) is 55.0. The molecule has 2 heterocycles. The number of oxazole rings is 1.